The number of carbonyl (C=O) groups is 1. The van der Waals surface area contributed by atoms with Crippen molar-refractivity contribution >= 4 is 16.9 Å². The number of fused-ring (bicyclic) bond motifs is 1. The van der Waals surface area contributed by atoms with Crippen LogP contribution in [0.2, 0.25) is 0 Å². The average Bonchev–Trinajstić information content (AvgIpc) is 3.20. The summed E-state index contributed by atoms with van der Waals surface area (Å²) in [6.07, 6.45) is 5.87. The van der Waals surface area contributed by atoms with Crippen molar-refractivity contribution in [1.82, 2.24) is 14.5 Å². The van der Waals surface area contributed by atoms with Crippen molar-refractivity contribution in [2.75, 3.05) is 13.1 Å². The van der Waals surface area contributed by atoms with Crippen LogP contribution in [0.3, 0.4) is 0 Å². The van der Waals surface area contributed by atoms with Crippen LogP contribution in [-0.4, -0.2) is 33.4 Å². The zero-order valence-corrected chi connectivity index (χ0v) is 13.1. The fourth-order valence-electron chi connectivity index (χ4n) is 3.38. The minimum absolute atomic E-state index is 0.0244. The molecule has 0 radical (unpaired) electrons. The summed E-state index contributed by atoms with van der Waals surface area (Å²) in [7, 11) is 0. The summed E-state index contributed by atoms with van der Waals surface area (Å²) in [6, 6.07) is 9.84. The van der Waals surface area contributed by atoms with Crippen molar-refractivity contribution in [3.63, 3.8) is 0 Å². The summed E-state index contributed by atoms with van der Waals surface area (Å²) in [5.74, 6) is 1.39. The van der Waals surface area contributed by atoms with Gasteiger partial charge in [-0.05, 0) is 31.9 Å². The summed E-state index contributed by atoms with van der Waals surface area (Å²) in [4.78, 5) is 19.0. The summed E-state index contributed by atoms with van der Waals surface area (Å²) < 4.78 is 7.89. The van der Waals surface area contributed by atoms with E-state index in [-0.39, 0.29) is 5.91 Å². The van der Waals surface area contributed by atoms with Gasteiger partial charge >= 0.3 is 0 Å². The van der Waals surface area contributed by atoms with Gasteiger partial charge in [-0.15, -0.1) is 0 Å². The molecule has 1 amide bonds. The fourth-order valence-corrected chi connectivity index (χ4v) is 3.38. The third kappa shape index (κ3) is 2.52. The van der Waals surface area contributed by atoms with E-state index < -0.39 is 0 Å². The van der Waals surface area contributed by atoms with Crippen LogP contribution in [0.1, 0.15) is 35.3 Å². The molecule has 0 aliphatic carbocycles. The minimum Gasteiger partial charge on any atom is -0.451 e. The average molecular weight is 309 g/mol. The van der Waals surface area contributed by atoms with E-state index in [2.05, 4.69) is 9.55 Å². The van der Waals surface area contributed by atoms with Crippen molar-refractivity contribution in [3.05, 3.63) is 54.3 Å². The van der Waals surface area contributed by atoms with Gasteiger partial charge in [0, 0.05) is 30.9 Å². The van der Waals surface area contributed by atoms with Gasteiger partial charge in [0.1, 0.15) is 11.4 Å². The van der Waals surface area contributed by atoms with E-state index in [0.29, 0.717) is 18.3 Å². The van der Waals surface area contributed by atoms with E-state index >= 15 is 0 Å². The molecule has 5 heteroatoms. The number of benzene rings is 1. The second-order valence-corrected chi connectivity index (χ2v) is 6.08. The van der Waals surface area contributed by atoms with E-state index in [1.165, 1.54) is 0 Å². The van der Waals surface area contributed by atoms with Crippen LogP contribution < -0.4 is 0 Å². The molecule has 4 rings (SSSR count). The number of piperidine rings is 1. The number of carbonyl (C=O) groups excluding carboxylic acids is 1. The lowest BCUT2D eigenvalue weighted by molar-refractivity contribution is 0.0648. The van der Waals surface area contributed by atoms with Crippen LogP contribution in [-0.2, 0) is 0 Å². The highest BCUT2D eigenvalue weighted by Crippen LogP contribution is 2.26. The van der Waals surface area contributed by atoms with E-state index in [4.69, 9.17) is 4.42 Å². The monoisotopic (exact) mass is 309 g/mol. The zero-order valence-electron chi connectivity index (χ0n) is 13.1. The quantitative estimate of drug-likeness (QED) is 0.729. The molecule has 0 unspecified atom stereocenters. The molecule has 3 aromatic rings. The van der Waals surface area contributed by atoms with Gasteiger partial charge in [0.05, 0.1) is 6.04 Å². The molecule has 0 bridgehead atoms. The molecular weight excluding hydrogens is 290 g/mol. The largest absolute Gasteiger partial charge is 0.451 e. The number of aryl methyl sites for hydroxylation is 1. The number of hydrogen-bond acceptors (Lipinski definition) is 3. The van der Waals surface area contributed by atoms with Crippen molar-refractivity contribution in [2.24, 2.45) is 0 Å². The molecular formula is C18H19N3O2. The summed E-state index contributed by atoms with van der Waals surface area (Å²) in [5, 5.41) is 0.967. The first-order valence-electron chi connectivity index (χ1n) is 7.99. The van der Waals surface area contributed by atoms with Crippen LogP contribution in [0, 0.1) is 6.92 Å². The van der Waals surface area contributed by atoms with Crippen molar-refractivity contribution in [1.29, 1.82) is 0 Å². The third-order valence-electron chi connectivity index (χ3n) is 4.58. The highest BCUT2D eigenvalue weighted by atomic mass is 16.3. The zero-order chi connectivity index (χ0) is 15.8. The van der Waals surface area contributed by atoms with Crippen molar-refractivity contribution < 1.29 is 9.21 Å². The van der Waals surface area contributed by atoms with E-state index in [1.807, 2.05) is 54.5 Å². The second-order valence-electron chi connectivity index (χ2n) is 6.08. The SMILES string of the molecule is Cc1nccn1[C@H]1CCCN(C(=O)c2cc3ccccc3o2)C1. The molecule has 23 heavy (non-hydrogen) atoms. The van der Waals surface area contributed by atoms with Gasteiger partial charge in [0.15, 0.2) is 5.76 Å². The van der Waals surface area contributed by atoms with E-state index in [0.717, 1.165) is 36.2 Å². The minimum atomic E-state index is -0.0244. The van der Waals surface area contributed by atoms with E-state index in [9.17, 15) is 4.79 Å². The van der Waals surface area contributed by atoms with Crippen LogP contribution in [0.15, 0.2) is 47.1 Å². The van der Waals surface area contributed by atoms with Crippen LogP contribution in [0.25, 0.3) is 11.0 Å². The van der Waals surface area contributed by atoms with Gasteiger partial charge < -0.3 is 13.9 Å². The Morgan fingerprint density at radius 1 is 1.35 bits per heavy atom. The maximum atomic E-state index is 12.8. The number of likely N-dealkylation sites (tertiary alicyclic amines) is 1. The standard InChI is InChI=1S/C18H19N3O2/c1-13-19-8-10-21(13)15-6-4-9-20(12-15)18(22)17-11-14-5-2-3-7-16(14)23-17/h2-3,5,7-8,10-11,15H,4,6,9,12H2,1H3/t15-/m0/s1. The molecule has 1 aliphatic heterocycles. The highest BCUT2D eigenvalue weighted by Gasteiger charge is 2.27. The maximum Gasteiger partial charge on any atom is 0.289 e. The number of aromatic nitrogens is 2. The Morgan fingerprint density at radius 2 is 2.22 bits per heavy atom. The molecule has 1 aromatic carbocycles. The Bertz CT molecular complexity index is 816. The van der Waals surface area contributed by atoms with Crippen molar-refractivity contribution in [2.45, 2.75) is 25.8 Å². The van der Waals surface area contributed by atoms with E-state index in [1.54, 1.807) is 0 Å². The number of nitrogens with zero attached hydrogens (tertiary/aromatic N) is 3. The number of rotatable bonds is 2. The molecule has 1 fully saturated rings. The van der Waals surface area contributed by atoms with Gasteiger partial charge in [0.2, 0.25) is 0 Å². The molecule has 2 aromatic heterocycles. The molecule has 3 heterocycles. The molecule has 5 nitrogen and oxygen atoms in total. The second kappa shape index (κ2) is 5.57. The predicted octanol–water partition coefficient (Wildman–Crippen LogP) is 3.42. The first-order chi connectivity index (χ1) is 11.2. The van der Waals surface area contributed by atoms with Crippen LogP contribution in [0.4, 0.5) is 0 Å². The first kappa shape index (κ1) is 14.1. The Kier molecular flexibility index (Phi) is 3.41. The predicted molar refractivity (Wildman–Crippen MR) is 87.4 cm³/mol. The molecule has 118 valence electrons. The first-order valence-corrected chi connectivity index (χ1v) is 7.99. The number of para-hydroxylation sites is 1. The Labute approximate surface area is 134 Å². The normalized spacial score (nSPS) is 18.5. The summed E-state index contributed by atoms with van der Waals surface area (Å²) >= 11 is 0. The molecule has 0 saturated carbocycles. The number of furan rings is 1. The lowest BCUT2D eigenvalue weighted by atomic mass is 10.0. The Morgan fingerprint density at radius 3 is 3.00 bits per heavy atom. The summed E-state index contributed by atoms with van der Waals surface area (Å²) in [6.45, 7) is 3.48. The van der Waals surface area contributed by atoms with Crippen LogP contribution >= 0.6 is 0 Å². The van der Waals surface area contributed by atoms with Gasteiger partial charge in [-0.25, -0.2) is 4.98 Å². The highest BCUT2D eigenvalue weighted by molar-refractivity contribution is 5.96. The Hall–Kier alpha value is -2.56. The van der Waals surface area contributed by atoms with Gasteiger partial charge in [-0.3, -0.25) is 4.79 Å². The summed E-state index contributed by atoms with van der Waals surface area (Å²) in [5.41, 5.74) is 0.759. The number of imidazole rings is 1. The topological polar surface area (TPSA) is 51.3 Å². The Balaban J connectivity index is 1.57. The van der Waals surface area contributed by atoms with Crippen LogP contribution in [0.5, 0.6) is 0 Å². The van der Waals surface area contributed by atoms with Crippen molar-refractivity contribution in [3.8, 4) is 0 Å². The lowest BCUT2D eigenvalue weighted by Crippen LogP contribution is -2.40. The number of hydrogen-bond donors (Lipinski definition) is 0. The molecule has 0 N–H and O–H groups in total. The molecule has 1 aliphatic rings. The lowest BCUT2D eigenvalue weighted by Gasteiger charge is -2.33. The maximum absolute atomic E-state index is 12.8. The van der Waals surface area contributed by atoms with Gasteiger partial charge in [-0.2, -0.15) is 0 Å². The van der Waals surface area contributed by atoms with Gasteiger partial charge in [0.25, 0.3) is 5.91 Å². The smallest absolute Gasteiger partial charge is 0.289 e. The number of amides is 1. The fraction of sp³-hybridized carbons (Fsp3) is 0.333. The third-order valence-corrected chi connectivity index (χ3v) is 4.58. The molecule has 1 saturated heterocycles. The van der Waals surface area contributed by atoms with Gasteiger partial charge in [-0.1, -0.05) is 18.2 Å². The molecule has 0 spiro atoms. The molecule has 1 atom stereocenters.